The molecule has 0 radical (unpaired) electrons. The van der Waals surface area contributed by atoms with Crippen LogP contribution in [0.3, 0.4) is 0 Å². The third kappa shape index (κ3) is 3.26. The lowest BCUT2D eigenvalue weighted by atomic mass is 10.3. The minimum absolute atomic E-state index is 0.0344. The zero-order valence-electron chi connectivity index (χ0n) is 6.40. The number of rotatable bonds is 1. The monoisotopic (exact) mass is 387 g/mol. The maximum absolute atomic E-state index is 10.7. The van der Waals surface area contributed by atoms with E-state index < -0.39 is 0 Å². The Morgan fingerprint density at radius 2 is 1.75 bits per heavy atom. The van der Waals surface area contributed by atoms with E-state index in [1.165, 1.54) is 6.92 Å². The van der Waals surface area contributed by atoms with E-state index in [4.69, 9.17) is 0 Å². The molecular weight excluding hydrogens is 380 g/mol. The third-order valence-electron chi connectivity index (χ3n) is 1.18. The van der Waals surface area contributed by atoms with E-state index in [1.807, 2.05) is 18.2 Å². The summed E-state index contributed by atoms with van der Waals surface area (Å²) in [5, 5.41) is 2.74. The molecule has 0 aliphatic heterocycles. The van der Waals surface area contributed by atoms with Gasteiger partial charge in [-0.3, -0.25) is 4.79 Å². The Hall–Kier alpha value is 0.150. The summed E-state index contributed by atoms with van der Waals surface area (Å²) in [7, 11) is 0. The fourth-order valence-electron chi connectivity index (χ4n) is 0.829. The van der Waals surface area contributed by atoms with Gasteiger partial charge in [-0.15, -0.1) is 0 Å². The lowest BCUT2D eigenvalue weighted by molar-refractivity contribution is -0.114. The molecule has 0 aliphatic rings. The number of halogens is 2. The molecule has 1 aromatic carbocycles. The predicted molar refractivity (Wildman–Crippen MR) is 66.2 cm³/mol. The molecule has 1 amide bonds. The highest BCUT2D eigenvalue weighted by Gasteiger charge is 1.98. The van der Waals surface area contributed by atoms with Gasteiger partial charge in [0.05, 0.1) is 0 Å². The standard InChI is InChI=1S/C8H7I2NO/c1-5(12)11-8-3-6(9)2-7(10)4-8/h2-4H,1H3,(H,11,12). The van der Waals surface area contributed by atoms with Crippen LogP contribution < -0.4 is 5.32 Å². The first-order valence-corrected chi connectivity index (χ1v) is 5.47. The normalized spacial score (nSPS) is 9.58. The maximum atomic E-state index is 10.7. The molecular formula is C8H7I2NO. The molecule has 0 heterocycles. The number of amides is 1. The average Bonchev–Trinajstić information content (AvgIpc) is 1.81. The topological polar surface area (TPSA) is 29.1 Å². The van der Waals surface area contributed by atoms with Gasteiger partial charge >= 0.3 is 0 Å². The van der Waals surface area contributed by atoms with Crippen molar-refractivity contribution in [3.63, 3.8) is 0 Å². The van der Waals surface area contributed by atoms with Crippen molar-refractivity contribution in [1.29, 1.82) is 0 Å². The fourth-order valence-corrected chi connectivity index (χ4v) is 2.77. The van der Waals surface area contributed by atoms with Crippen molar-refractivity contribution in [2.75, 3.05) is 5.32 Å². The highest BCUT2D eigenvalue weighted by molar-refractivity contribution is 14.1. The quantitative estimate of drug-likeness (QED) is 0.739. The SMILES string of the molecule is CC(=O)Nc1cc(I)cc(I)c1. The minimum Gasteiger partial charge on any atom is -0.326 e. The second kappa shape index (κ2) is 4.40. The van der Waals surface area contributed by atoms with Crippen molar-refractivity contribution in [2.45, 2.75) is 6.92 Å². The van der Waals surface area contributed by atoms with Gasteiger partial charge in [0.2, 0.25) is 5.91 Å². The number of benzene rings is 1. The molecule has 64 valence electrons. The predicted octanol–water partition coefficient (Wildman–Crippen LogP) is 2.85. The Kier molecular flexibility index (Phi) is 3.76. The summed E-state index contributed by atoms with van der Waals surface area (Å²) < 4.78 is 2.26. The molecule has 0 unspecified atom stereocenters. The Morgan fingerprint density at radius 1 is 1.25 bits per heavy atom. The molecule has 2 nitrogen and oxygen atoms in total. The molecule has 4 heteroatoms. The van der Waals surface area contributed by atoms with E-state index in [-0.39, 0.29) is 5.91 Å². The number of nitrogens with one attached hydrogen (secondary N) is 1. The largest absolute Gasteiger partial charge is 0.326 e. The van der Waals surface area contributed by atoms with Crippen molar-refractivity contribution in [3.8, 4) is 0 Å². The van der Waals surface area contributed by atoms with Crippen LogP contribution in [0.15, 0.2) is 18.2 Å². The summed E-state index contributed by atoms with van der Waals surface area (Å²) in [5.74, 6) is -0.0344. The number of hydrogen-bond acceptors (Lipinski definition) is 1. The molecule has 0 fully saturated rings. The summed E-state index contributed by atoms with van der Waals surface area (Å²) in [4.78, 5) is 10.7. The second-order valence-corrected chi connectivity index (χ2v) is 4.83. The van der Waals surface area contributed by atoms with Crippen LogP contribution in [0, 0.1) is 7.14 Å². The summed E-state index contributed by atoms with van der Waals surface area (Å²) in [6.45, 7) is 1.51. The van der Waals surface area contributed by atoms with Gasteiger partial charge in [0.25, 0.3) is 0 Å². The maximum Gasteiger partial charge on any atom is 0.221 e. The van der Waals surface area contributed by atoms with E-state index in [9.17, 15) is 4.79 Å². The molecule has 1 N–H and O–H groups in total. The summed E-state index contributed by atoms with van der Waals surface area (Å²) >= 11 is 4.44. The van der Waals surface area contributed by atoms with Crippen molar-refractivity contribution < 1.29 is 4.79 Å². The van der Waals surface area contributed by atoms with Crippen LogP contribution in [0.25, 0.3) is 0 Å². The first kappa shape index (κ1) is 10.2. The fraction of sp³-hybridized carbons (Fsp3) is 0.125. The van der Waals surface area contributed by atoms with Crippen molar-refractivity contribution >= 4 is 56.8 Å². The molecule has 1 aromatic rings. The second-order valence-electron chi connectivity index (χ2n) is 2.34. The van der Waals surface area contributed by atoms with E-state index in [1.54, 1.807) is 0 Å². The Labute approximate surface area is 98.4 Å². The summed E-state index contributed by atoms with van der Waals surface area (Å²) in [5.41, 5.74) is 0.860. The Bertz CT molecular complexity index is 292. The van der Waals surface area contributed by atoms with Gasteiger partial charge in [0.1, 0.15) is 0 Å². The third-order valence-corrected chi connectivity index (χ3v) is 2.43. The van der Waals surface area contributed by atoms with Crippen molar-refractivity contribution in [3.05, 3.63) is 25.3 Å². The summed E-state index contributed by atoms with van der Waals surface area (Å²) in [6, 6.07) is 5.92. The van der Waals surface area contributed by atoms with Crippen LogP contribution in [0.4, 0.5) is 5.69 Å². The highest BCUT2D eigenvalue weighted by Crippen LogP contribution is 2.17. The number of anilines is 1. The highest BCUT2D eigenvalue weighted by atomic mass is 127. The molecule has 0 atom stereocenters. The Morgan fingerprint density at radius 3 is 2.17 bits per heavy atom. The van der Waals surface area contributed by atoms with Crippen LogP contribution in [-0.4, -0.2) is 5.91 Å². The smallest absolute Gasteiger partial charge is 0.221 e. The number of hydrogen-bond donors (Lipinski definition) is 1. The lowest BCUT2D eigenvalue weighted by Crippen LogP contribution is -2.05. The van der Waals surface area contributed by atoms with Gasteiger partial charge in [-0.1, -0.05) is 0 Å². The molecule has 0 aliphatic carbocycles. The van der Waals surface area contributed by atoms with Crippen LogP contribution >= 0.6 is 45.2 Å². The molecule has 0 saturated heterocycles. The van der Waals surface area contributed by atoms with E-state index in [2.05, 4.69) is 50.5 Å². The van der Waals surface area contributed by atoms with Gasteiger partial charge < -0.3 is 5.32 Å². The van der Waals surface area contributed by atoms with Gasteiger partial charge in [0.15, 0.2) is 0 Å². The zero-order chi connectivity index (χ0) is 9.14. The van der Waals surface area contributed by atoms with Gasteiger partial charge in [-0.2, -0.15) is 0 Å². The van der Waals surface area contributed by atoms with Crippen LogP contribution in [0.2, 0.25) is 0 Å². The molecule has 0 aromatic heterocycles. The molecule has 0 spiro atoms. The number of carbonyl (C=O) groups excluding carboxylic acids is 1. The molecule has 0 bridgehead atoms. The van der Waals surface area contributed by atoms with Crippen LogP contribution in [0.1, 0.15) is 6.92 Å². The Balaban J connectivity index is 2.93. The first-order valence-electron chi connectivity index (χ1n) is 3.31. The molecule has 0 saturated carbocycles. The van der Waals surface area contributed by atoms with Crippen molar-refractivity contribution in [1.82, 2.24) is 0 Å². The van der Waals surface area contributed by atoms with Crippen LogP contribution in [0.5, 0.6) is 0 Å². The van der Waals surface area contributed by atoms with Crippen LogP contribution in [-0.2, 0) is 4.79 Å². The van der Waals surface area contributed by atoms with E-state index in [0.717, 1.165) is 12.8 Å². The van der Waals surface area contributed by atoms with E-state index >= 15 is 0 Å². The van der Waals surface area contributed by atoms with Gasteiger partial charge in [-0.05, 0) is 63.4 Å². The number of carbonyl (C=O) groups is 1. The minimum atomic E-state index is -0.0344. The van der Waals surface area contributed by atoms with Gasteiger partial charge in [0, 0.05) is 19.8 Å². The summed E-state index contributed by atoms with van der Waals surface area (Å²) in [6.07, 6.45) is 0. The first-order chi connectivity index (χ1) is 5.58. The molecule has 1 rings (SSSR count). The average molecular weight is 387 g/mol. The van der Waals surface area contributed by atoms with E-state index in [0.29, 0.717) is 0 Å². The van der Waals surface area contributed by atoms with Gasteiger partial charge in [-0.25, -0.2) is 0 Å². The lowest BCUT2D eigenvalue weighted by Gasteiger charge is -2.02. The molecule has 12 heavy (non-hydrogen) atoms. The van der Waals surface area contributed by atoms with Crippen molar-refractivity contribution in [2.24, 2.45) is 0 Å². The zero-order valence-corrected chi connectivity index (χ0v) is 10.7.